The molecule has 2 aromatic rings. The molecule has 0 saturated carbocycles. The molecule has 0 radical (unpaired) electrons. The Balaban J connectivity index is 1.87. The maximum atomic E-state index is 11.7. The first-order chi connectivity index (χ1) is 12.0. The summed E-state index contributed by atoms with van der Waals surface area (Å²) in [5.41, 5.74) is 4.30. The third kappa shape index (κ3) is 2.62. The fourth-order valence-corrected chi connectivity index (χ4v) is 4.38. The van der Waals surface area contributed by atoms with E-state index in [-0.39, 0.29) is 17.9 Å². The van der Waals surface area contributed by atoms with Crippen LogP contribution < -0.4 is 5.32 Å². The van der Waals surface area contributed by atoms with Crippen molar-refractivity contribution in [1.29, 1.82) is 0 Å². The van der Waals surface area contributed by atoms with Gasteiger partial charge in [0.15, 0.2) is 0 Å². The van der Waals surface area contributed by atoms with Gasteiger partial charge in [-0.1, -0.05) is 47.5 Å². The molecule has 1 aliphatic heterocycles. The minimum Gasteiger partial charge on any atom is -0.478 e. The number of carboxylic acid groups (broad SMARTS) is 1. The van der Waals surface area contributed by atoms with Crippen LogP contribution in [-0.2, 0) is 0 Å². The second kappa shape index (κ2) is 6.08. The minimum absolute atomic E-state index is 0.0602. The van der Waals surface area contributed by atoms with Crippen LogP contribution in [0.15, 0.2) is 42.5 Å². The van der Waals surface area contributed by atoms with E-state index in [2.05, 4.69) is 17.5 Å². The average Bonchev–Trinajstić information content (AvgIpc) is 3.06. The van der Waals surface area contributed by atoms with Gasteiger partial charge < -0.3 is 10.4 Å². The van der Waals surface area contributed by atoms with Crippen molar-refractivity contribution in [1.82, 2.24) is 0 Å². The van der Waals surface area contributed by atoms with Crippen LogP contribution in [0.2, 0.25) is 10.0 Å². The number of nitrogens with one attached hydrogen (secondary N) is 1. The highest BCUT2D eigenvalue weighted by molar-refractivity contribution is 6.42. The molecule has 25 heavy (non-hydrogen) atoms. The van der Waals surface area contributed by atoms with Crippen molar-refractivity contribution in [3.8, 4) is 0 Å². The number of carboxylic acids is 1. The number of allylic oxidation sites excluding steroid dienone is 2. The quantitative estimate of drug-likeness (QED) is 0.651. The van der Waals surface area contributed by atoms with Crippen LogP contribution in [0, 0.1) is 12.8 Å². The van der Waals surface area contributed by atoms with E-state index in [0.717, 1.165) is 28.8 Å². The second-order valence-corrected chi connectivity index (χ2v) is 7.49. The van der Waals surface area contributed by atoms with Gasteiger partial charge in [-0.25, -0.2) is 4.79 Å². The number of hydrogen-bond acceptors (Lipinski definition) is 2. The van der Waals surface area contributed by atoms with Gasteiger partial charge in [-0.15, -0.1) is 0 Å². The molecule has 0 bridgehead atoms. The molecule has 0 saturated heterocycles. The molecule has 0 unspecified atom stereocenters. The highest BCUT2D eigenvalue weighted by atomic mass is 35.5. The number of anilines is 1. The Morgan fingerprint density at radius 1 is 1.20 bits per heavy atom. The molecular weight excluding hydrogens is 357 g/mol. The molecule has 4 rings (SSSR count). The molecule has 0 aromatic heterocycles. The number of halogens is 2. The van der Waals surface area contributed by atoms with E-state index in [9.17, 15) is 9.90 Å². The summed E-state index contributed by atoms with van der Waals surface area (Å²) in [6, 6.07) is 9.33. The molecular formula is C20H17Cl2NO2. The lowest BCUT2D eigenvalue weighted by atomic mass is 9.75. The van der Waals surface area contributed by atoms with Gasteiger partial charge in [-0.3, -0.25) is 0 Å². The number of rotatable bonds is 2. The van der Waals surface area contributed by atoms with Gasteiger partial charge in [0.1, 0.15) is 0 Å². The molecule has 0 amide bonds. The highest BCUT2D eigenvalue weighted by Gasteiger charge is 2.40. The molecule has 0 spiro atoms. The van der Waals surface area contributed by atoms with Crippen molar-refractivity contribution in [3.05, 3.63) is 74.8 Å². The van der Waals surface area contributed by atoms with Crippen LogP contribution in [-0.4, -0.2) is 11.1 Å². The lowest BCUT2D eigenvalue weighted by molar-refractivity contribution is 0.0695. The zero-order valence-corrected chi connectivity index (χ0v) is 15.1. The monoisotopic (exact) mass is 373 g/mol. The summed E-state index contributed by atoms with van der Waals surface area (Å²) in [5, 5.41) is 14.3. The lowest BCUT2D eigenvalue weighted by Crippen LogP contribution is -2.31. The molecule has 5 heteroatoms. The van der Waals surface area contributed by atoms with Gasteiger partial charge in [0.05, 0.1) is 21.7 Å². The number of benzene rings is 2. The van der Waals surface area contributed by atoms with Gasteiger partial charge >= 0.3 is 5.97 Å². The van der Waals surface area contributed by atoms with E-state index in [1.165, 1.54) is 0 Å². The first-order valence-corrected chi connectivity index (χ1v) is 8.98. The molecule has 2 aliphatic rings. The Hall–Kier alpha value is -1.97. The van der Waals surface area contributed by atoms with Crippen molar-refractivity contribution in [3.63, 3.8) is 0 Å². The maximum Gasteiger partial charge on any atom is 0.336 e. The van der Waals surface area contributed by atoms with Crippen LogP contribution in [0.3, 0.4) is 0 Å². The second-order valence-electron chi connectivity index (χ2n) is 6.67. The molecule has 2 N–H and O–H groups in total. The van der Waals surface area contributed by atoms with E-state index in [1.54, 1.807) is 6.07 Å². The topological polar surface area (TPSA) is 49.3 Å². The summed E-state index contributed by atoms with van der Waals surface area (Å²) >= 11 is 12.3. The largest absolute Gasteiger partial charge is 0.478 e. The molecule has 1 aliphatic carbocycles. The fraction of sp³-hybridized carbons (Fsp3) is 0.250. The van der Waals surface area contributed by atoms with Crippen molar-refractivity contribution in [2.24, 2.45) is 5.92 Å². The number of carbonyl (C=O) groups is 1. The van der Waals surface area contributed by atoms with Gasteiger partial charge in [-0.05, 0) is 54.2 Å². The first kappa shape index (κ1) is 16.5. The Morgan fingerprint density at radius 2 is 2.00 bits per heavy atom. The molecule has 0 fully saturated rings. The summed E-state index contributed by atoms with van der Waals surface area (Å²) in [6.45, 7) is 2.00. The summed E-state index contributed by atoms with van der Waals surface area (Å²) in [7, 11) is 0. The van der Waals surface area contributed by atoms with Crippen molar-refractivity contribution in [2.75, 3.05) is 5.32 Å². The lowest BCUT2D eigenvalue weighted by Gasteiger charge is -2.39. The normalized spacial score (nSPS) is 23.7. The van der Waals surface area contributed by atoms with Gasteiger partial charge in [0, 0.05) is 11.6 Å². The van der Waals surface area contributed by atoms with Crippen LogP contribution in [0.25, 0.3) is 0 Å². The molecule has 3 atom stereocenters. The van der Waals surface area contributed by atoms with Gasteiger partial charge in [-0.2, -0.15) is 0 Å². The molecule has 3 nitrogen and oxygen atoms in total. The zero-order valence-electron chi connectivity index (χ0n) is 13.6. The number of aromatic carboxylic acids is 1. The average molecular weight is 374 g/mol. The predicted octanol–water partition coefficient (Wildman–Crippen LogP) is 5.83. The number of fused-ring (bicyclic) bond motifs is 3. The molecule has 1 heterocycles. The third-order valence-electron chi connectivity index (χ3n) is 5.26. The van der Waals surface area contributed by atoms with Crippen LogP contribution in [0.1, 0.15) is 45.4 Å². The first-order valence-electron chi connectivity index (χ1n) is 8.22. The Labute approximate surface area is 156 Å². The van der Waals surface area contributed by atoms with E-state index < -0.39 is 5.97 Å². The number of aryl methyl sites for hydroxylation is 1. The molecule has 128 valence electrons. The van der Waals surface area contributed by atoms with Crippen molar-refractivity contribution >= 4 is 34.9 Å². The summed E-state index contributed by atoms with van der Waals surface area (Å²) in [6.07, 6.45) is 5.18. The zero-order chi connectivity index (χ0) is 17.7. The van der Waals surface area contributed by atoms with E-state index in [1.807, 2.05) is 31.2 Å². The summed E-state index contributed by atoms with van der Waals surface area (Å²) in [5.74, 6) is -0.545. The van der Waals surface area contributed by atoms with Crippen LogP contribution >= 0.6 is 23.2 Å². The van der Waals surface area contributed by atoms with Crippen LogP contribution in [0.5, 0.6) is 0 Å². The Bertz CT molecular complexity index is 907. The van der Waals surface area contributed by atoms with Gasteiger partial charge in [0.2, 0.25) is 0 Å². The number of hydrogen-bond donors (Lipinski definition) is 2. The third-order valence-corrected chi connectivity index (χ3v) is 6.00. The van der Waals surface area contributed by atoms with Crippen LogP contribution in [0.4, 0.5) is 5.69 Å². The Kier molecular flexibility index (Phi) is 4.01. The summed E-state index contributed by atoms with van der Waals surface area (Å²) in [4.78, 5) is 11.7. The van der Waals surface area contributed by atoms with E-state index in [0.29, 0.717) is 15.6 Å². The smallest absolute Gasteiger partial charge is 0.336 e. The Morgan fingerprint density at radius 3 is 2.72 bits per heavy atom. The standard InChI is InChI=1S/C20H17Cl2NO2/c1-10-5-7-14(20(24)25)17-12-3-2-4-13(12)19(23-18(10)17)11-6-8-15(21)16(22)9-11/h2-3,5-9,12-13,19,23H,4H2,1H3,(H,24,25)/t12-,13-,19+/m0/s1. The highest BCUT2D eigenvalue weighted by Crippen LogP contribution is 2.52. The SMILES string of the molecule is Cc1ccc(C(=O)O)c2c1N[C@H](c1ccc(Cl)c(Cl)c1)[C@H]1CC=C[C@H]21. The predicted molar refractivity (Wildman–Crippen MR) is 101 cm³/mol. The van der Waals surface area contributed by atoms with Gasteiger partial charge in [0.25, 0.3) is 0 Å². The maximum absolute atomic E-state index is 11.7. The molecule has 2 aromatic carbocycles. The minimum atomic E-state index is -0.884. The summed E-state index contributed by atoms with van der Waals surface area (Å²) < 4.78 is 0. The van der Waals surface area contributed by atoms with Crippen molar-refractivity contribution < 1.29 is 9.90 Å². The van der Waals surface area contributed by atoms with Crippen molar-refractivity contribution in [2.45, 2.75) is 25.3 Å². The fourth-order valence-electron chi connectivity index (χ4n) is 4.08. The van der Waals surface area contributed by atoms with E-state index in [4.69, 9.17) is 23.2 Å². The van der Waals surface area contributed by atoms with E-state index >= 15 is 0 Å².